The first-order valence-electron chi connectivity index (χ1n) is 10.2. The molecule has 2 heterocycles. The zero-order valence-electron chi connectivity index (χ0n) is 17.4. The van der Waals surface area contributed by atoms with Crippen molar-refractivity contribution < 1.29 is 23.4 Å². The standard InChI is InChI=1S/C24H24O6/c1-4-6-15-11-17-20(13-19(15)30-22(25)5-2)29-14(3)23(24(17)26)16-7-8-18-21(12-16)28-10-9-27-18/h7-8,11-13H,4-6,9-10H2,1-3H3. The Labute approximate surface area is 174 Å². The monoisotopic (exact) mass is 408 g/mol. The first-order chi connectivity index (χ1) is 14.5. The van der Waals surface area contributed by atoms with Crippen molar-refractivity contribution in [2.45, 2.75) is 40.0 Å². The van der Waals surface area contributed by atoms with Gasteiger partial charge in [0.1, 0.15) is 30.3 Å². The van der Waals surface area contributed by atoms with Crippen LogP contribution >= 0.6 is 0 Å². The van der Waals surface area contributed by atoms with E-state index in [1.165, 1.54) is 0 Å². The summed E-state index contributed by atoms with van der Waals surface area (Å²) in [5.41, 5.74) is 2.29. The molecule has 4 rings (SSSR count). The summed E-state index contributed by atoms with van der Waals surface area (Å²) in [7, 11) is 0. The number of rotatable bonds is 5. The van der Waals surface area contributed by atoms with Crippen LogP contribution in [0.25, 0.3) is 22.1 Å². The lowest BCUT2D eigenvalue weighted by Crippen LogP contribution is -2.15. The molecule has 0 fully saturated rings. The van der Waals surface area contributed by atoms with Crippen molar-refractivity contribution in [1.82, 2.24) is 0 Å². The fourth-order valence-electron chi connectivity index (χ4n) is 3.67. The number of carbonyl (C=O) groups is 1. The molecule has 0 saturated heterocycles. The Balaban J connectivity index is 1.87. The summed E-state index contributed by atoms with van der Waals surface area (Å²) in [6.45, 7) is 6.52. The normalized spacial score (nSPS) is 12.8. The highest BCUT2D eigenvalue weighted by Crippen LogP contribution is 2.36. The molecule has 2 aromatic carbocycles. The molecule has 0 amide bonds. The third kappa shape index (κ3) is 3.65. The van der Waals surface area contributed by atoms with Crippen molar-refractivity contribution in [3.63, 3.8) is 0 Å². The van der Waals surface area contributed by atoms with Crippen LogP contribution in [0.4, 0.5) is 0 Å². The molecule has 0 unspecified atom stereocenters. The Morgan fingerprint density at radius 3 is 2.57 bits per heavy atom. The number of hydrogen-bond donors (Lipinski definition) is 0. The first kappa shape index (κ1) is 20.0. The van der Waals surface area contributed by atoms with Crippen molar-refractivity contribution in [3.05, 3.63) is 51.9 Å². The van der Waals surface area contributed by atoms with Gasteiger partial charge >= 0.3 is 5.97 Å². The van der Waals surface area contributed by atoms with Gasteiger partial charge in [0.2, 0.25) is 5.43 Å². The van der Waals surface area contributed by atoms with Gasteiger partial charge in [0.05, 0.1) is 10.9 Å². The van der Waals surface area contributed by atoms with Gasteiger partial charge in [0.25, 0.3) is 0 Å². The Bertz CT molecular complexity index is 1170. The maximum Gasteiger partial charge on any atom is 0.310 e. The van der Waals surface area contributed by atoms with Crippen LogP contribution in [0.1, 0.15) is 38.0 Å². The third-order valence-corrected chi connectivity index (χ3v) is 5.11. The molecular weight excluding hydrogens is 384 g/mol. The largest absolute Gasteiger partial charge is 0.486 e. The Morgan fingerprint density at radius 1 is 1.07 bits per heavy atom. The molecule has 0 spiro atoms. The molecule has 1 aromatic heterocycles. The van der Waals surface area contributed by atoms with Crippen LogP contribution in [0.3, 0.4) is 0 Å². The van der Waals surface area contributed by atoms with Crippen LogP contribution < -0.4 is 19.6 Å². The SMILES string of the molecule is CCCc1cc2c(=O)c(-c3ccc4c(c3)OCCO4)c(C)oc2cc1OC(=O)CC. The minimum Gasteiger partial charge on any atom is -0.486 e. The summed E-state index contributed by atoms with van der Waals surface area (Å²) < 4.78 is 22.7. The molecule has 1 aliphatic heterocycles. The lowest BCUT2D eigenvalue weighted by molar-refractivity contribution is -0.134. The fourth-order valence-corrected chi connectivity index (χ4v) is 3.67. The minimum absolute atomic E-state index is 0.129. The van der Waals surface area contributed by atoms with E-state index in [1.54, 1.807) is 26.0 Å². The molecule has 156 valence electrons. The van der Waals surface area contributed by atoms with E-state index in [0.29, 0.717) is 64.7 Å². The molecule has 0 radical (unpaired) electrons. The maximum absolute atomic E-state index is 13.4. The van der Waals surface area contributed by atoms with Gasteiger partial charge in [-0.15, -0.1) is 0 Å². The van der Waals surface area contributed by atoms with Crippen LogP contribution in [0.2, 0.25) is 0 Å². The van der Waals surface area contributed by atoms with Crippen LogP contribution in [-0.4, -0.2) is 19.2 Å². The van der Waals surface area contributed by atoms with E-state index in [0.717, 1.165) is 12.0 Å². The van der Waals surface area contributed by atoms with Gasteiger partial charge in [-0.05, 0) is 42.7 Å². The van der Waals surface area contributed by atoms with E-state index in [-0.39, 0.29) is 17.8 Å². The summed E-state index contributed by atoms with van der Waals surface area (Å²) >= 11 is 0. The van der Waals surface area contributed by atoms with E-state index < -0.39 is 0 Å². The highest BCUT2D eigenvalue weighted by Gasteiger charge is 2.20. The van der Waals surface area contributed by atoms with Crippen LogP contribution in [0, 0.1) is 6.92 Å². The number of esters is 1. The highest BCUT2D eigenvalue weighted by atomic mass is 16.6. The summed E-state index contributed by atoms with van der Waals surface area (Å²) in [4.78, 5) is 25.3. The van der Waals surface area contributed by atoms with Gasteiger partial charge in [0.15, 0.2) is 11.5 Å². The van der Waals surface area contributed by atoms with E-state index >= 15 is 0 Å². The molecule has 30 heavy (non-hydrogen) atoms. The van der Waals surface area contributed by atoms with E-state index in [1.807, 2.05) is 25.1 Å². The van der Waals surface area contributed by atoms with Crippen molar-refractivity contribution in [3.8, 4) is 28.4 Å². The predicted octanol–water partition coefficient (Wildman–Crippen LogP) is 4.81. The molecule has 0 saturated carbocycles. The summed E-state index contributed by atoms with van der Waals surface area (Å²) in [5, 5.41) is 0.463. The van der Waals surface area contributed by atoms with Gasteiger partial charge in [-0.25, -0.2) is 0 Å². The van der Waals surface area contributed by atoms with Gasteiger partial charge < -0.3 is 18.6 Å². The zero-order valence-corrected chi connectivity index (χ0v) is 17.4. The number of carbonyl (C=O) groups excluding carboxylic acids is 1. The summed E-state index contributed by atoms with van der Waals surface area (Å²) in [5.74, 6) is 1.90. The summed E-state index contributed by atoms with van der Waals surface area (Å²) in [6, 6.07) is 8.88. The van der Waals surface area contributed by atoms with E-state index in [2.05, 4.69) is 0 Å². The molecule has 0 aliphatic carbocycles. The van der Waals surface area contributed by atoms with Gasteiger partial charge in [-0.1, -0.05) is 26.3 Å². The molecule has 0 bridgehead atoms. The minimum atomic E-state index is -0.321. The second kappa shape index (κ2) is 8.22. The molecular formula is C24H24O6. The molecule has 0 atom stereocenters. The van der Waals surface area contributed by atoms with Crippen molar-refractivity contribution >= 4 is 16.9 Å². The highest BCUT2D eigenvalue weighted by molar-refractivity contribution is 5.86. The number of hydrogen-bond acceptors (Lipinski definition) is 6. The zero-order chi connectivity index (χ0) is 21.3. The van der Waals surface area contributed by atoms with Gasteiger partial charge in [-0.3, -0.25) is 9.59 Å². The Hall–Kier alpha value is -3.28. The van der Waals surface area contributed by atoms with E-state index in [4.69, 9.17) is 18.6 Å². The third-order valence-electron chi connectivity index (χ3n) is 5.11. The van der Waals surface area contributed by atoms with Gasteiger partial charge in [-0.2, -0.15) is 0 Å². The molecule has 3 aromatic rings. The van der Waals surface area contributed by atoms with Crippen LogP contribution in [0.5, 0.6) is 17.2 Å². The summed E-state index contributed by atoms with van der Waals surface area (Å²) in [6.07, 6.45) is 1.82. The lowest BCUT2D eigenvalue weighted by atomic mass is 9.99. The molecule has 6 nitrogen and oxygen atoms in total. The maximum atomic E-state index is 13.4. The number of aryl methyl sites for hydroxylation is 2. The molecule has 0 N–H and O–H groups in total. The quantitative estimate of drug-likeness (QED) is 0.446. The lowest BCUT2D eigenvalue weighted by Gasteiger charge is -2.19. The number of benzene rings is 2. The molecule has 1 aliphatic rings. The van der Waals surface area contributed by atoms with Crippen molar-refractivity contribution in [2.24, 2.45) is 0 Å². The molecule has 6 heteroatoms. The van der Waals surface area contributed by atoms with Crippen molar-refractivity contribution in [1.29, 1.82) is 0 Å². The van der Waals surface area contributed by atoms with E-state index in [9.17, 15) is 9.59 Å². The van der Waals surface area contributed by atoms with Crippen molar-refractivity contribution in [2.75, 3.05) is 13.2 Å². The average Bonchev–Trinajstić information content (AvgIpc) is 2.74. The topological polar surface area (TPSA) is 75.0 Å². The Kier molecular flexibility index (Phi) is 5.48. The number of fused-ring (bicyclic) bond motifs is 2. The number of ether oxygens (including phenoxy) is 3. The average molecular weight is 408 g/mol. The second-order valence-corrected chi connectivity index (χ2v) is 7.25. The predicted molar refractivity (Wildman–Crippen MR) is 114 cm³/mol. The van der Waals surface area contributed by atoms with Gasteiger partial charge in [0, 0.05) is 12.5 Å². The first-order valence-corrected chi connectivity index (χ1v) is 10.2. The Morgan fingerprint density at radius 2 is 1.83 bits per heavy atom. The fraction of sp³-hybridized carbons (Fsp3) is 0.333. The van der Waals surface area contributed by atoms with Crippen LogP contribution in [0.15, 0.2) is 39.5 Å². The second-order valence-electron chi connectivity index (χ2n) is 7.25. The smallest absolute Gasteiger partial charge is 0.310 e. The van der Waals surface area contributed by atoms with Crippen LogP contribution in [-0.2, 0) is 11.2 Å².